The van der Waals surface area contributed by atoms with Crippen LogP contribution in [0.5, 0.6) is 0 Å². The second-order valence-corrected chi connectivity index (χ2v) is 4.39. The van der Waals surface area contributed by atoms with Gasteiger partial charge in [-0.2, -0.15) is 0 Å². The van der Waals surface area contributed by atoms with Gasteiger partial charge in [0.25, 0.3) is 6.43 Å². The minimum atomic E-state index is -2.37. The summed E-state index contributed by atoms with van der Waals surface area (Å²) >= 11 is 0. The van der Waals surface area contributed by atoms with Crippen LogP contribution in [0.2, 0.25) is 0 Å². The first-order valence-electron chi connectivity index (χ1n) is 5.67. The third-order valence-electron chi connectivity index (χ3n) is 2.35. The van der Waals surface area contributed by atoms with E-state index in [4.69, 9.17) is 0 Å². The Morgan fingerprint density at radius 1 is 1.25 bits per heavy atom. The van der Waals surface area contributed by atoms with Gasteiger partial charge in [0, 0.05) is 5.56 Å². The largest absolute Gasteiger partial charge is 0.316 e. The molecule has 0 atom stereocenters. The Morgan fingerprint density at radius 3 is 2.62 bits per heavy atom. The molecule has 1 aromatic rings. The number of hydrogen-bond acceptors (Lipinski definition) is 1. The highest BCUT2D eigenvalue weighted by molar-refractivity contribution is 5.24. The van der Waals surface area contributed by atoms with Gasteiger partial charge >= 0.3 is 0 Å². The minimum absolute atomic E-state index is 0.112. The summed E-state index contributed by atoms with van der Waals surface area (Å²) in [5, 5.41) is 3.29. The molecule has 0 heterocycles. The van der Waals surface area contributed by atoms with Crippen molar-refractivity contribution in [1.82, 2.24) is 5.32 Å². The van der Waals surface area contributed by atoms with Crippen LogP contribution in [0.25, 0.3) is 0 Å². The minimum Gasteiger partial charge on any atom is -0.316 e. The van der Waals surface area contributed by atoms with E-state index in [1.54, 1.807) is 12.1 Å². The van der Waals surface area contributed by atoms with Gasteiger partial charge in [0.05, 0.1) is 0 Å². The molecular weight excluding hydrogens is 208 g/mol. The highest BCUT2D eigenvalue weighted by atomic mass is 19.3. The van der Waals surface area contributed by atoms with Gasteiger partial charge in [-0.1, -0.05) is 38.1 Å². The van der Waals surface area contributed by atoms with E-state index in [9.17, 15) is 8.78 Å². The molecule has 1 N–H and O–H groups in total. The van der Waals surface area contributed by atoms with Crippen LogP contribution >= 0.6 is 0 Å². The van der Waals surface area contributed by atoms with E-state index in [-0.39, 0.29) is 5.56 Å². The van der Waals surface area contributed by atoms with Crippen LogP contribution < -0.4 is 5.32 Å². The zero-order valence-electron chi connectivity index (χ0n) is 9.84. The van der Waals surface area contributed by atoms with Crippen molar-refractivity contribution in [3.63, 3.8) is 0 Å². The molecule has 0 aromatic heterocycles. The maximum atomic E-state index is 12.4. The third kappa shape index (κ3) is 4.71. The first kappa shape index (κ1) is 13.1. The standard InChI is InChI=1S/C13H19F2N/c1-10(2)9-16-7-6-11-4-3-5-12(8-11)13(14)15/h3-5,8,10,13,16H,6-7,9H2,1-2H3. The lowest BCUT2D eigenvalue weighted by Crippen LogP contribution is -2.22. The van der Waals surface area contributed by atoms with Gasteiger partial charge in [-0.05, 0) is 31.0 Å². The highest BCUT2D eigenvalue weighted by Gasteiger charge is 2.06. The fourth-order valence-corrected chi connectivity index (χ4v) is 1.51. The SMILES string of the molecule is CC(C)CNCCc1cccc(C(F)F)c1. The first-order chi connectivity index (χ1) is 7.59. The van der Waals surface area contributed by atoms with Crippen molar-refractivity contribution in [2.75, 3.05) is 13.1 Å². The summed E-state index contributed by atoms with van der Waals surface area (Å²) in [6.07, 6.45) is -1.57. The summed E-state index contributed by atoms with van der Waals surface area (Å²) < 4.78 is 24.9. The van der Waals surface area contributed by atoms with Crippen molar-refractivity contribution in [3.8, 4) is 0 Å². The van der Waals surface area contributed by atoms with Crippen molar-refractivity contribution in [2.24, 2.45) is 5.92 Å². The van der Waals surface area contributed by atoms with E-state index in [1.165, 1.54) is 6.07 Å². The molecule has 0 fully saturated rings. The average molecular weight is 227 g/mol. The van der Waals surface area contributed by atoms with Crippen LogP contribution in [-0.2, 0) is 6.42 Å². The Hall–Kier alpha value is -0.960. The van der Waals surface area contributed by atoms with Crippen LogP contribution in [0.3, 0.4) is 0 Å². The smallest absolute Gasteiger partial charge is 0.263 e. The van der Waals surface area contributed by atoms with Gasteiger partial charge in [-0.25, -0.2) is 8.78 Å². The Bertz CT molecular complexity index is 311. The van der Waals surface area contributed by atoms with Crippen LogP contribution in [0, 0.1) is 5.92 Å². The molecule has 0 aliphatic heterocycles. The Morgan fingerprint density at radius 2 is 2.00 bits per heavy atom. The molecule has 1 aromatic carbocycles. The van der Waals surface area contributed by atoms with E-state index >= 15 is 0 Å². The van der Waals surface area contributed by atoms with E-state index in [0.717, 1.165) is 25.1 Å². The number of benzene rings is 1. The molecule has 1 rings (SSSR count). The second kappa shape index (κ2) is 6.59. The molecule has 0 amide bonds. The average Bonchev–Trinajstić information content (AvgIpc) is 2.24. The number of nitrogens with one attached hydrogen (secondary N) is 1. The van der Waals surface area contributed by atoms with Gasteiger partial charge in [0.15, 0.2) is 0 Å². The molecular formula is C13H19F2N. The monoisotopic (exact) mass is 227 g/mol. The molecule has 0 saturated carbocycles. The molecule has 3 heteroatoms. The highest BCUT2D eigenvalue weighted by Crippen LogP contribution is 2.19. The first-order valence-corrected chi connectivity index (χ1v) is 5.67. The number of rotatable bonds is 6. The van der Waals surface area contributed by atoms with Gasteiger partial charge in [-0.15, -0.1) is 0 Å². The molecule has 16 heavy (non-hydrogen) atoms. The van der Waals surface area contributed by atoms with Crippen molar-refractivity contribution in [2.45, 2.75) is 26.7 Å². The Balaban J connectivity index is 2.39. The zero-order chi connectivity index (χ0) is 12.0. The van der Waals surface area contributed by atoms with Gasteiger partial charge in [-0.3, -0.25) is 0 Å². The lowest BCUT2D eigenvalue weighted by Gasteiger charge is -2.08. The van der Waals surface area contributed by atoms with Crippen molar-refractivity contribution in [1.29, 1.82) is 0 Å². The van der Waals surface area contributed by atoms with Crippen molar-refractivity contribution in [3.05, 3.63) is 35.4 Å². The predicted molar refractivity (Wildman–Crippen MR) is 62.8 cm³/mol. The normalized spacial score (nSPS) is 11.4. The third-order valence-corrected chi connectivity index (χ3v) is 2.35. The number of hydrogen-bond donors (Lipinski definition) is 1. The zero-order valence-corrected chi connectivity index (χ0v) is 9.84. The Kier molecular flexibility index (Phi) is 5.39. The molecule has 0 aliphatic rings. The molecule has 0 saturated heterocycles. The fraction of sp³-hybridized carbons (Fsp3) is 0.538. The Labute approximate surface area is 95.9 Å². The maximum absolute atomic E-state index is 12.4. The van der Waals surface area contributed by atoms with Crippen LogP contribution in [0.15, 0.2) is 24.3 Å². The van der Waals surface area contributed by atoms with E-state index in [0.29, 0.717) is 5.92 Å². The molecule has 0 aliphatic carbocycles. The van der Waals surface area contributed by atoms with Crippen LogP contribution in [-0.4, -0.2) is 13.1 Å². The summed E-state index contributed by atoms with van der Waals surface area (Å²) in [6.45, 7) is 6.09. The van der Waals surface area contributed by atoms with Gasteiger partial charge in [0.2, 0.25) is 0 Å². The summed E-state index contributed by atoms with van der Waals surface area (Å²) in [4.78, 5) is 0. The van der Waals surface area contributed by atoms with Gasteiger partial charge in [0.1, 0.15) is 0 Å². The lowest BCUT2D eigenvalue weighted by atomic mass is 10.1. The summed E-state index contributed by atoms with van der Waals surface area (Å²) in [5.74, 6) is 0.618. The van der Waals surface area contributed by atoms with Gasteiger partial charge < -0.3 is 5.32 Å². The van der Waals surface area contributed by atoms with Crippen molar-refractivity contribution >= 4 is 0 Å². The van der Waals surface area contributed by atoms with Crippen molar-refractivity contribution < 1.29 is 8.78 Å². The molecule has 0 radical (unpaired) electrons. The van der Waals surface area contributed by atoms with E-state index in [2.05, 4.69) is 19.2 Å². The molecule has 0 unspecified atom stereocenters. The number of alkyl halides is 2. The summed E-state index contributed by atoms with van der Waals surface area (Å²) in [7, 11) is 0. The lowest BCUT2D eigenvalue weighted by molar-refractivity contribution is 0.151. The van der Waals surface area contributed by atoms with E-state index < -0.39 is 6.43 Å². The quantitative estimate of drug-likeness (QED) is 0.734. The maximum Gasteiger partial charge on any atom is 0.263 e. The summed E-state index contributed by atoms with van der Waals surface area (Å²) in [6, 6.07) is 6.64. The van der Waals surface area contributed by atoms with Crippen LogP contribution in [0.1, 0.15) is 31.4 Å². The second-order valence-electron chi connectivity index (χ2n) is 4.39. The molecule has 1 nitrogen and oxygen atoms in total. The van der Waals surface area contributed by atoms with Crippen LogP contribution in [0.4, 0.5) is 8.78 Å². The fourth-order valence-electron chi connectivity index (χ4n) is 1.51. The predicted octanol–water partition coefficient (Wildman–Crippen LogP) is 3.41. The molecule has 0 spiro atoms. The number of halogens is 2. The molecule has 0 bridgehead atoms. The molecule has 90 valence electrons. The van der Waals surface area contributed by atoms with E-state index in [1.807, 2.05) is 6.07 Å². The topological polar surface area (TPSA) is 12.0 Å². The summed E-state index contributed by atoms with van der Waals surface area (Å²) in [5.41, 5.74) is 1.08.